The summed E-state index contributed by atoms with van der Waals surface area (Å²) >= 11 is 0. The first-order valence-corrected chi connectivity index (χ1v) is 11.8. The number of nitrogens with zero attached hydrogens (tertiary/aromatic N) is 3. The van der Waals surface area contributed by atoms with Crippen LogP contribution in [0.5, 0.6) is 0 Å². The van der Waals surface area contributed by atoms with Gasteiger partial charge >= 0.3 is 0 Å². The zero-order valence-electron chi connectivity index (χ0n) is 17.6. The molecule has 0 amide bonds. The van der Waals surface area contributed by atoms with Gasteiger partial charge in [0.1, 0.15) is 0 Å². The van der Waals surface area contributed by atoms with Crippen LogP contribution in [0.15, 0.2) is 82.8 Å². The van der Waals surface area contributed by atoms with Crippen molar-refractivity contribution in [2.75, 3.05) is 0 Å². The molecule has 1 aliphatic carbocycles. The second kappa shape index (κ2) is 8.92. The monoisotopic (exact) mass is 449 g/mol. The van der Waals surface area contributed by atoms with E-state index in [0.717, 1.165) is 33.9 Å². The molecular formula is C24H23N3O4S. The molecule has 7 nitrogen and oxygen atoms in total. The second-order valence-electron chi connectivity index (χ2n) is 7.76. The summed E-state index contributed by atoms with van der Waals surface area (Å²) in [6.45, 7) is 1.89. The van der Waals surface area contributed by atoms with E-state index in [1.54, 1.807) is 42.5 Å². The van der Waals surface area contributed by atoms with Gasteiger partial charge in [-0.15, -0.1) is 0 Å². The standard InChI is InChI=1S/C24H23N3O4S/c1-18-13-15-21(16-14-18)32(30,31)26(24-12-6-9-19-7-2-4-10-22(19)24)25-17-20-8-3-5-11-23(20)27(28)29/h2-5,7-8,10-11,13-17,24H,6,9,12H2,1H3/b25-17+. The Kier molecular flexibility index (Phi) is 6.05. The molecule has 1 atom stereocenters. The first-order chi connectivity index (χ1) is 15.4. The third kappa shape index (κ3) is 4.27. The molecule has 8 heteroatoms. The molecule has 32 heavy (non-hydrogen) atoms. The molecule has 0 N–H and O–H groups in total. The Labute approximate surface area is 187 Å². The van der Waals surface area contributed by atoms with Crippen molar-refractivity contribution >= 4 is 21.9 Å². The summed E-state index contributed by atoms with van der Waals surface area (Å²) in [7, 11) is -4.00. The van der Waals surface area contributed by atoms with E-state index in [4.69, 9.17) is 0 Å². The first kappa shape index (κ1) is 21.7. The third-order valence-corrected chi connectivity index (χ3v) is 7.32. The highest BCUT2D eigenvalue weighted by molar-refractivity contribution is 7.89. The second-order valence-corrected chi connectivity index (χ2v) is 9.55. The number of hydrazone groups is 1. The lowest BCUT2D eigenvalue weighted by Gasteiger charge is -2.33. The van der Waals surface area contributed by atoms with E-state index in [2.05, 4.69) is 5.10 Å². The summed E-state index contributed by atoms with van der Waals surface area (Å²) in [6, 6.07) is 20.0. The summed E-state index contributed by atoms with van der Waals surface area (Å²) in [5.74, 6) is 0. The molecule has 1 unspecified atom stereocenters. The lowest BCUT2D eigenvalue weighted by molar-refractivity contribution is -0.385. The summed E-state index contributed by atoms with van der Waals surface area (Å²) in [6.07, 6.45) is 3.57. The Morgan fingerprint density at radius 3 is 2.47 bits per heavy atom. The minimum atomic E-state index is -4.00. The zero-order valence-corrected chi connectivity index (χ0v) is 18.4. The summed E-state index contributed by atoms with van der Waals surface area (Å²) in [4.78, 5) is 11.0. The number of aryl methyl sites for hydroxylation is 2. The van der Waals surface area contributed by atoms with Gasteiger partial charge in [0.25, 0.3) is 15.7 Å². The number of hydrogen-bond donors (Lipinski definition) is 0. The van der Waals surface area contributed by atoms with E-state index in [0.29, 0.717) is 6.42 Å². The molecule has 0 radical (unpaired) electrons. The van der Waals surface area contributed by atoms with Crippen molar-refractivity contribution in [2.45, 2.75) is 37.1 Å². The van der Waals surface area contributed by atoms with E-state index < -0.39 is 21.0 Å². The van der Waals surface area contributed by atoms with E-state index in [-0.39, 0.29) is 16.1 Å². The molecule has 0 fully saturated rings. The fraction of sp³-hybridized carbons (Fsp3) is 0.208. The van der Waals surface area contributed by atoms with E-state index >= 15 is 0 Å². The van der Waals surface area contributed by atoms with Gasteiger partial charge in [0.15, 0.2) is 0 Å². The maximum absolute atomic E-state index is 13.7. The van der Waals surface area contributed by atoms with Crippen LogP contribution < -0.4 is 0 Å². The highest BCUT2D eigenvalue weighted by Crippen LogP contribution is 2.37. The van der Waals surface area contributed by atoms with Crippen LogP contribution in [0.4, 0.5) is 5.69 Å². The molecule has 4 rings (SSSR count). The average Bonchev–Trinajstić information content (AvgIpc) is 2.79. The van der Waals surface area contributed by atoms with E-state index in [9.17, 15) is 18.5 Å². The molecule has 0 heterocycles. The van der Waals surface area contributed by atoms with E-state index in [1.807, 2.05) is 31.2 Å². The van der Waals surface area contributed by atoms with Crippen molar-refractivity contribution in [2.24, 2.45) is 5.10 Å². The lowest BCUT2D eigenvalue weighted by Crippen LogP contribution is -2.33. The minimum absolute atomic E-state index is 0.130. The van der Waals surface area contributed by atoms with Crippen LogP contribution in [0.2, 0.25) is 0 Å². The van der Waals surface area contributed by atoms with Gasteiger partial charge in [-0.05, 0) is 55.5 Å². The smallest absolute Gasteiger partial charge is 0.258 e. The topological polar surface area (TPSA) is 92.9 Å². The molecule has 0 saturated carbocycles. The predicted molar refractivity (Wildman–Crippen MR) is 123 cm³/mol. The minimum Gasteiger partial charge on any atom is -0.258 e. The van der Waals surface area contributed by atoms with Crippen LogP contribution in [-0.2, 0) is 16.4 Å². The number of benzene rings is 3. The molecule has 1 aliphatic rings. The van der Waals surface area contributed by atoms with Crippen LogP contribution in [-0.4, -0.2) is 24.0 Å². The Morgan fingerprint density at radius 1 is 1.03 bits per heavy atom. The molecule has 0 aromatic heterocycles. The van der Waals surface area contributed by atoms with Crippen molar-refractivity contribution in [3.05, 3.63) is 105 Å². The number of para-hydroxylation sites is 1. The average molecular weight is 450 g/mol. The van der Waals surface area contributed by atoms with Gasteiger partial charge in [-0.2, -0.15) is 17.9 Å². The van der Waals surface area contributed by atoms with Crippen molar-refractivity contribution in [3.63, 3.8) is 0 Å². The number of hydrogen-bond acceptors (Lipinski definition) is 5. The Morgan fingerprint density at radius 2 is 1.72 bits per heavy atom. The van der Waals surface area contributed by atoms with Crippen molar-refractivity contribution in [3.8, 4) is 0 Å². The van der Waals surface area contributed by atoms with Crippen LogP contribution in [0.25, 0.3) is 0 Å². The summed E-state index contributed by atoms with van der Waals surface area (Å²) in [5.41, 5.74) is 3.06. The molecule has 0 saturated heterocycles. The predicted octanol–water partition coefficient (Wildman–Crippen LogP) is 5.01. The van der Waals surface area contributed by atoms with Crippen molar-refractivity contribution < 1.29 is 13.3 Å². The van der Waals surface area contributed by atoms with Gasteiger partial charge in [-0.3, -0.25) is 10.1 Å². The van der Waals surface area contributed by atoms with Crippen LogP contribution in [0, 0.1) is 17.0 Å². The van der Waals surface area contributed by atoms with E-state index in [1.165, 1.54) is 12.3 Å². The van der Waals surface area contributed by atoms with Crippen LogP contribution in [0.3, 0.4) is 0 Å². The molecule has 0 bridgehead atoms. The van der Waals surface area contributed by atoms with Gasteiger partial charge in [0.2, 0.25) is 0 Å². The quantitative estimate of drug-likeness (QED) is 0.300. The molecule has 0 spiro atoms. The Hall–Kier alpha value is -3.52. The molecule has 0 aliphatic heterocycles. The maximum atomic E-state index is 13.7. The fourth-order valence-corrected chi connectivity index (χ4v) is 5.39. The van der Waals surface area contributed by atoms with Gasteiger partial charge in [-0.25, -0.2) is 0 Å². The maximum Gasteiger partial charge on any atom is 0.279 e. The Balaban J connectivity index is 1.83. The number of fused-ring (bicyclic) bond motifs is 1. The zero-order chi connectivity index (χ0) is 22.7. The van der Waals surface area contributed by atoms with Crippen molar-refractivity contribution in [1.29, 1.82) is 0 Å². The first-order valence-electron chi connectivity index (χ1n) is 10.3. The van der Waals surface area contributed by atoms with Gasteiger partial charge in [-0.1, -0.05) is 54.1 Å². The normalized spacial score (nSPS) is 16.0. The summed E-state index contributed by atoms with van der Waals surface area (Å²) < 4.78 is 28.5. The molecule has 3 aromatic carbocycles. The van der Waals surface area contributed by atoms with Gasteiger partial charge < -0.3 is 0 Å². The van der Waals surface area contributed by atoms with Gasteiger partial charge in [0.05, 0.1) is 27.6 Å². The fourth-order valence-electron chi connectivity index (χ4n) is 3.97. The molecule has 3 aromatic rings. The number of nitro groups is 1. The largest absolute Gasteiger partial charge is 0.279 e. The molecule has 164 valence electrons. The SMILES string of the molecule is Cc1ccc(S(=O)(=O)N(/N=C/c2ccccc2[N+](=O)[O-])C2CCCc3ccccc32)cc1. The molecular weight excluding hydrogens is 426 g/mol. The number of sulfonamides is 1. The highest BCUT2D eigenvalue weighted by Gasteiger charge is 2.34. The number of rotatable bonds is 6. The summed E-state index contributed by atoms with van der Waals surface area (Å²) in [5, 5.41) is 15.7. The van der Waals surface area contributed by atoms with Crippen LogP contribution >= 0.6 is 0 Å². The Bertz CT molecular complexity index is 1270. The highest BCUT2D eigenvalue weighted by atomic mass is 32.2. The third-order valence-electron chi connectivity index (χ3n) is 5.61. The van der Waals surface area contributed by atoms with Gasteiger partial charge in [0, 0.05) is 6.07 Å². The van der Waals surface area contributed by atoms with Crippen LogP contribution in [0.1, 0.15) is 41.1 Å². The van der Waals surface area contributed by atoms with Crippen molar-refractivity contribution in [1.82, 2.24) is 4.41 Å². The lowest BCUT2D eigenvalue weighted by atomic mass is 9.88. The number of nitro benzene ring substituents is 1.